The van der Waals surface area contributed by atoms with Gasteiger partial charge in [-0.2, -0.15) is 0 Å². The number of carbonyl (C=O) groups excluding carboxylic acids is 1. The van der Waals surface area contributed by atoms with Crippen molar-refractivity contribution in [1.29, 1.82) is 0 Å². The molecule has 2 fully saturated rings. The molecule has 0 aromatic carbocycles. The summed E-state index contributed by atoms with van der Waals surface area (Å²) in [6.07, 6.45) is 3.36. The maximum absolute atomic E-state index is 12.3. The Morgan fingerprint density at radius 2 is 2.30 bits per heavy atom. The van der Waals surface area contributed by atoms with Crippen LogP contribution in [0.3, 0.4) is 0 Å². The first-order valence-electron chi connectivity index (χ1n) is 7.69. The molecule has 20 heavy (non-hydrogen) atoms. The van der Waals surface area contributed by atoms with Crippen LogP contribution in [0.4, 0.5) is 0 Å². The number of ether oxygens (including phenoxy) is 2. The van der Waals surface area contributed by atoms with E-state index in [1.165, 1.54) is 0 Å². The molecule has 5 heteroatoms. The third-order valence-corrected chi connectivity index (χ3v) is 4.39. The van der Waals surface area contributed by atoms with Crippen LogP contribution in [0.1, 0.15) is 26.2 Å². The minimum absolute atomic E-state index is 0.00842. The van der Waals surface area contributed by atoms with Gasteiger partial charge in [-0.05, 0) is 40.3 Å². The van der Waals surface area contributed by atoms with Gasteiger partial charge in [0.15, 0.2) is 0 Å². The van der Waals surface area contributed by atoms with Crippen LogP contribution in [0.15, 0.2) is 0 Å². The first-order chi connectivity index (χ1) is 9.57. The second kappa shape index (κ2) is 6.87. The smallest absolute Gasteiger partial charge is 0.236 e. The maximum atomic E-state index is 12.3. The molecule has 0 aromatic heterocycles. The zero-order chi connectivity index (χ0) is 14.6. The Kier molecular flexibility index (Phi) is 5.41. The van der Waals surface area contributed by atoms with Crippen molar-refractivity contribution in [2.75, 3.05) is 53.6 Å². The fourth-order valence-electron chi connectivity index (χ4n) is 3.39. The molecule has 2 aliphatic heterocycles. The second-order valence-electron chi connectivity index (χ2n) is 6.30. The Morgan fingerprint density at radius 1 is 1.50 bits per heavy atom. The van der Waals surface area contributed by atoms with Gasteiger partial charge in [0, 0.05) is 31.7 Å². The quantitative estimate of drug-likeness (QED) is 0.755. The lowest BCUT2D eigenvalue weighted by Gasteiger charge is -2.50. The number of amides is 1. The van der Waals surface area contributed by atoms with Gasteiger partial charge in [-0.3, -0.25) is 4.79 Å². The third kappa shape index (κ3) is 3.51. The van der Waals surface area contributed by atoms with E-state index in [2.05, 4.69) is 0 Å². The molecule has 0 N–H and O–H groups in total. The molecule has 2 aliphatic rings. The fraction of sp³-hybridized carbons (Fsp3) is 0.933. The summed E-state index contributed by atoms with van der Waals surface area (Å²) in [6.45, 7) is 6.38. The van der Waals surface area contributed by atoms with Crippen molar-refractivity contribution < 1.29 is 14.3 Å². The lowest BCUT2D eigenvalue weighted by atomic mass is 9.73. The van der Waals surface area contributed by atoms with E-state index in [1.54, 1.807) is 0 Å². The number of hydrogen-bond donors (Lipinski definition) is 0. The monoisotopic (exact) mass is 284 g/mol. The zero-order valence-electron chi connectivity index (χ0n) is 13.1. The van der Waals surface area contributed by atoms with Crippen molar-refractivity contribution in [3.05, 3.63) is 0 Å². The Bertz CT molecular complexity index is 335. The average Bonchev–Trinajstić information content (AvgIpc) is 2.43. The normalized spacial score (nSPS) is 30.4. The number of nitrogens with zero attached hydrogens (tertiary/aromatic N) is 2. The molecular formula is C15H28N2O3. The highest BCUT2D eigenvalue weighted by atomic mass is 16.5. The number of fused-ring (bicyclic) bond motifs is 1. The Hall–Kier alpha value is -0.650. The van der Waals surface area contributed by atoms with Crippen LogP contribution in [0.2, 0.25) is 0 Å². The van der Waals surface area contributed by atoms with Gasteiger partial charge in [0.1, 0.15) is 0 Å². The molecule has 1 amide bonds. The molecule has 116 valence electrons. The fourth-order valence-corrected chi connectivity index (χ4v) is 3.39. The number of likely N-dealkylation sites (N-methyl/N-ethyl adjacent to an activating group) is 1. The van der Waals surface area contributed by atoms with E-state index < -0.39 is 0 Å². The standard InChI is InChI=1S/C15H28N2O3/c1-4-19-12-15-7-5-9-20-13(15)6-8-17(11-15)14(18)10-16(2)3/h13H,4-12H2,1-3H3/t13-,15-/m0/s1. The van der Waals surface area contributed by atoms with Crippen LogP contribution in [0, 0.1) is 5.41 Å². The van der Waals surface area contributed by atoms with Crippen LogP contribution in [0.5, 0.6) is 0 Å². The summed E-state index contributed by atoms with van der Waals surface area (Å²) in [5.74, 6) is 0.217. The van der Waals surface area contributed by atoms with Crippen molar-refractivity contribution in [2.45, 2.75) is 32.3 Å². The molecule has 2 atom stereocenters. The summed E-state index contributed by atoms with van der Waals surface area (Å²) in [5.41, 5.74) is 0.00842. The molecule has 2 rings (SSSR count). The largest absolute Gasteiger partial charge is 0.381 e. The molecular weight excluding hydrogens is 256 g/mol. The van der Waals surface area contributed by atoms with Gasteiger partial charge in [0.2, 0.25) is 5.91 Å². The van der Waals surface area contributed by atoms with Crippen LogP contribution in [0.25, 0.3) is 0 Å². The van der Waals surface area contributed by atoms with E-state index in [0.29, 0.717) is 13.2 Å². The topological polar surface area (TPSA) is 42.0 Å². The summed E-state index contributed by atoms with van der Waals surface area (Å²) >= 11 is 0. The lowest BCUT2D eigenvalue weighted by Crippen LogP contribution is -2.58. The van der Waals surface area contributed by atoms with Gasteiger partial charge >= 0.3 is 0 Å². The Balaban J connectivity index is 2.04. The highest BCUT2D eigenvalue weighted by Gasteiger charge is 2.47. The molecule has 0 radical (unpaired) electrons. The number of rotatable bonds is 5. The summed E-state index contributed by atoms with van der Waals surface area (Å²) in [7, 11) is 3.87. The summed E-state index contributed by atoms with van der Waals surface area (Å²) in [4.78, 5) is 16.2. The number of carbonyl (C=O) groups is 1. The first-order valence-corrected chi connectivity index (χ1v) is 7.69. The average molecular weight is 284 g/mol. The van der Waals surface area contributed by atoms with Crippen molar-refractivity contribution in [1.82, 2.24) is 9.80 Å². The molecule has 5 nitrogen and oxygen atoms in total. The minimum Gasteiger partial charge on any atom is -0.381 e. The SMILES string of the molecule is CCOC[C@@]12CCCO[C@H]1CCN(C(=O)CN(C)C)C2. The maximum Gasteiger partial charge on any atom is 0.236 e. The minimum atomic E-state index is 0.00842. The molecule has 2 saturated heterocycles. The van der Waals surface area contributed by atoms with Crippen LogP contribution in [-0.4, -0.2) is 75.4 Å². The highest BCUT2D eigenvalue weighted by molar-refractivity contribution is 5.78. The molecule has 2 heterocycles. The van der Waals surface area contributed by atoms with Crippen LogP contribution < -0.4 is 0 Å². The van der Waals surface area contributed by atoms with E-state index in [9.17, 15) is 4.79 Å². The Morgan fingerprint density at radius 3 is 3.00 bits per heavy atom. The molecule has 0 aromatic rings. The molecule has 0 spiro atoms. The summed E-state index contributed by atoms with van der Waals surface area (Å²) in [6, 6.07) is 0. The number of piperidine rings is 1. The van der Waals surface area contributed by atoms with Gasteiger partial charge in [-0.15, -0.1) is 0 Å². The zero-order valence-corrected chi connectivity index (χ0v) is 13.1. The van der Waals surface area contributed by atoms with E-state index in [1.807, 2.05) is 30.8 Å². The van der Waals surface area contributed by atoms with Gasteiger partial charge in [0.25, 0.3) is 0 Å². The van der Waals surface area contributed by atoms with Gasteiger partial charge in [0.05, 0.1) is 19.3 Å². The predicted molar refractivity (Wildman–Crippen MR) is 77.7 cm³/mol. The summed E-state index contributed by atoms with van der Waals surface area (Å²) in [5, 5.41) is 0. The van der Waals surface area contributed by atoms with Crippen molar-refractivity contribution >= 4 is 5.91 Å². The van der Waals surface area contributed by atoms with Crippen molar-refractivity contribution in [3.8, 4) is 0 Å². The van der Waals surface area contributed by atoms with Crippen molar-refractivity contribution in [3.63, 3.8) is 0 Å². The van der Waals surface area contributed by atoms with Crippen molar-refractivity contribution in [2.24, 2.45) is 5.41 Å². The van der Waals surface area contributed by atoms with Crippen LogP contribution >= 0.6 is 0 Å². The van der Waals surface area contributed by atoms with E-state index in [0.717, 1.165) is 45.6 Å². The summed E-state index contributed by atoms with van der Waals surface area (Å²) < 4.78 is 11.7. The lowest BCUT2D eigenvalue weighted by molar-refractivity contribution is -0.164. The van der Waals surface area contributed by atoms with Gasteiger partial charge < -0.3 is 19.3 Å². The molecule has 0 bridgehead atoms. The molecule has 0 unspecified atom stereocenters. The predicted octanol–water partition coefficient (Wildman–Crippen LogP) is 0.982. The second-order valence-corrected chi connectivity index (χ2v) is 6.30. The Labute approximate surface area is 122 Å². The molecule has 0 aliphatic carbocycles. The van der Waals surface area contributed by atoms with Gasteiger partial charge in [-0.1, -0.05) is 0 Å². The molecule has 0 saturated carbocycles. The van der Waals surface area contributed by atoms with E-state index >= 15 is 0 Å². The van der Waals surface area contributed by atoms with E-state index in [-0.39, 0.29) is 17.4 Å². The highest BCUT2D eigenvalue weighted by Crippen LogP contribution is 2.40. The third-order valence-electron chi connectivity index (χ3n) is 4.39. The number of likely N-dealkylation sites (tertiary alicyclic amines) is 1. The van der Waals surface area contributed by atoms with Crippen LogP contribution in [-0.2, 0) is 14.3 Å². The van der Waals surface area contributed by atoms with E-state index in [4.69, 9.17) is 9.47 Å². The van der Waals surface area contributed by atoms with Gasteiger partial charge in [-0.25, -0.2) is 0 Å². The number of hydrogen-bond acceptors (Lipinski definition) is 4. The first kappa shape index (κ1) is 15.7.